The van der Waals surface area contributed by atoms with Gasteiger partial charge in [0.1, 0.15) is 5.82 Å². The zero-order valence-electron chi connectivity index (χ0n) is 14.6. The highest BCUT2D eigenvalue weighted by Crippen LogP contribution is 2.40. The number of anilines is 1. The molecule has 1 saturated carbocycles. The summed E-state index contributed by atoms with van der Waals surface area (Å²) in [6, 6.07) is 11.3. The maximum atomic E-state index is 12.5. The van der Waals surface area contributed by atoms with Gasteiger partial charge in [0.2, 0.25) is 11.8 Å². The van der Waals surface area contributed by atoms with Crippen LogP contribution in [0.3, 0.4) is 0 Å². The zero-order valence-corrected chi connectivity index (χ0v) is 14.6. The van der Waals surface area contributed by atoms with Crippen molar-refractivity contribution in [1.82, 2.24) is 15.1 Å². The van der Waals surface area contributed by atoms with E-state index in [0.717, 1.165) is 5.56 Å². The fraction of sp³-hybridized carbons (Fsp3) is 0.421. The molecule has 3 rings (SSSR count). The van der Waals surface area contributed by atoms with Gasteiger partial charge < -0.3 is 10.6 Å². The van der Waals surface area contributed by atoms with Gasteiger partial charge in [-0.3, -0.25) is 9.59 Å². The Morgan fingerprint density at radius 1 is 1.24 bits per heavy atom. The van der Waals surface area contributed by atoms with Crippen molar-refractivity contribution >= 4 is 17.6 Å². The fourth-order valence-electron chi connectivity index (χ4n) is 3.08. The number of hydrogen-bond acceptors (Lipinski definition) is 3. The second kappa shape index (κ2) is 7.51. The van der Waals surface area contributed by atoms with Crippen molar-refractivity contribution in [2.45, 2.75) is 45.2 Å². The van der Waals surface area contributed by atoms with Crippen molar-refractivity contribution in [3.63, 3.8) is 0 Å². The number of hydrogen-bond donors (Lipinski definition) is 2. The lowest BCUT2D eigenvalue weighted by atomic mass is 10.0. The first kappa shape index (κ1) is 17.2. The van der Waals surface area contributed by atoms with Crippen molar-refractivity contribution in [3.8, 4) is 0 Å². The number of benzene rings is 1. The topological polar surface area (TPSA) is 76.0 Å². The second-order valence-electron chi connectivity index (χ2n) is 6.66. The summed E-state index contributed by atoms with van der Waals surface area (Å²) in [5.74, 6) is 1.05. The van der Waals surface area contributed by atoms with E-state index >= 15 is 0 Å². The van der Waals surface area contributed by atoms with Crippen LogP contribution in [-0.2, 0) is 9.59 Å². The molecule has 25 heavy (non-hydrogen) atoms. The van der Waals surface area contributed by atoms with E-state index in [0.29, 0.717) is 11.7 Å². The summed E-state index contributed by atoms with van der Waals surface area (Å²) in [6.45, 7) is 3.59. The van der Waals surface area contributed by atoms with Crippen molar-refractivity contribution in [2.24, 2.45) is 5.92 Å². The largest absolute Gasteiger partial charge is 0.349 e. The molecule has 1 heterocycles. The lowest BCUT2D eigenvalue weighted by molar-refractivity contribution is -0.120. The number of carbonyl (C=O) groups excluding carboxylic acids is 2. The van der Waals surface area contributed by atoms with Gasteiger partial charge in [0.15, 0.2) is 0 Å². The van der Waals surface area contributed by atoms with Gasteiger partial charge in [0.25, 0.3) is 0 Å². The van der Waals surface area contributed by atoms with Crippen LogP contribution in [0.25, 0.3) is 0 Å². The van der Waals surface area contributed by atoms with Crippen LogP contribution >= 0.6 is 0 Å². The minimum atomic E-state index is -0.351. The van der Waals surface area contributed by atoms with Gasteiger partial charge >= 0.3 is 0 Å². The Bertz CT molecular complexity index is 737. The van der Waals surface area contributed by atoms with E-state index in [9.17, 15) is 9.59 Å². The molecular formula is C19H24N4O2. The van der Waals surface area contributed by atoms with E-state index in [4.69, 9.17) is 0 Å². The molecule has 2 unspecified atom stereocenters. The molecule has 0 bridgehead atoms. The van der Waals surface area contributed by atoms with Crippen LogP contribution < -0.4 is 10.6 Å². The summed E-state index contributed by atoms with van der Waals surface area (Å²) in [6.07, 6.45) is 4.31. The normalized spacial score (nSPS) is 16.1. The van der Waals surface area contributed by atoms with Gasteiger partial charge in [-0.25, -0.2) is 4.68 Å². The number of rotatable bonds is 7. The Kier molecular flexibility index (Phi) is 5.16. The Labute approximate surface area is 147 Å². The molecule has 1 aromatic heterocycles. The van der Waals surface area contributed by atoms with Crippen LogP contribution in [-0.4, -0.2) is 21.6 Å². The van der Waals surface area contributed by atoms with E-state index in [-0.39, 0.29) is 30.3 Å². The molecule has 0 aliphatic heterocycles. The molecule has 2 N–H and O–H groups in total. The van der Waals surface area contributed by atoms with Crippen LogP contribution in [0, 0.1) is 5.92 Å². The van der Waals surface area contributed by atoms with Gasteiger partial charge in [-0.15, -0.1) is 0 Å². The van der Waals surface area contributed by atoms with Crippen LogP contribution in [0.15, 0.2) is 42.6 Å². The van der Waals surface area contributed by atoms with E-state index in [2.05, 4.69) is 22.7 Å². The molecule has 6 heteroatoms. The third kappa shape index (κ3) is 4.47. The predicted octanol–water partition coefficient (Wildman–Crippen LogP) is 3.06. The summed E-state index contributed by atoms with van der Waals surface area (Å²) in [7, 11) is 0. The zero-order chi connectivity index (χ0) is 17.8. The van der Waals surface area contributed by atoms with Gasteiger partial charge in [0.05, 0.1) is 24.7 Å². The minimum Gasteiger partial charge on any atom is -0.349 e. The average molecular weight is 340 g/mol. The van der Waals surface area contributed by atoms with Gasteiger partial charge in [0, 0.05) is 13.0 Å². The van der Waals surface area contributed by atoms with Gasteiger partial charge in [-0.05, 0) is 31.2 Å². The highest BCUT2D eigenvalue weighted by atomic mass is 16.2. The van der Waals surface area contributed by atoms with Crippen LogP contribution in [0.1, 0.15) is 50.8 Å². The number of nitrogens with one attached hydrogen (secondary N) is 2. The molecule has 2 aromatic rings. The molecule has 1 aliphatic rings. The van der Waals surface area contributed by atoms with E-state index in [1.54, 1.807) is 6.20 Å². The predicted molar refractivity (Wildman–Crippen MR) is 95.9 cm³/mol. The van der Waals surface area contributed by atoms with Crippen molar-refractivity contribution in [1.29, 1.82) is 0 Å². The highest BCUT2D eigenvalue weighted by molar-refractivity contribution is 5.90. The molecule has 1 aromatic carbocycles. The summed E-state index contributed by atoms with van der Waals surface area (Å²) in [5.41, 5.74) is 0.910. The van der Waals surface area contributed by atoms with Gasteiger partial charge in [-0.1, -0.05) is 30.3 Å². The lowest BCUT2D eigenvalue weighted by Crippen LogP contribution is -2.30. The monoisotopic (exact) mass is 340 g/mol. The quantitative estimate of drug-likeness (QED) is 0.813. The van der Waals surface area contributed by atoms with E-state index in [1.165, 1.54) is 19.8 Å². The minimum absolute atomic E-state index is 0.146. The Morgan fingerprint density at radius 3 is 2.60 bits per heavy atom. The van der Waals surface area contributed by atoms with Crippen molar-refractivity contribution in [3.05, 3.63) is 48.2 Å². The molecule has 0 spiro atoms. The highest BCUT2D eigenvalue weighted by Gasteiger charge is 2.31. The molecule has 2 amide bonds. The Morgan fingerprint density at radius 2 is 1.96 bits per heavy atom. The first-order valence-electron chi connectivity index (χ1n) is 8.70. The maximum absolute atomic E-state index is 12.5. The molecule has 0 radical (unpaired) electrons. The maximum Gasteiger partial charge on any atom is 0.227 e. The summed E-state index contributed by atoms with van der Waals surface area (Å²) < 4.78 is 1.88. The van der Waals surface area contributed by atoms with E-state index in [1.807, 2.05) is 41.1 Å². The SMILES string of the molecule is CC(=O)NC(CC(=O)Nc1ccnn1C(C)C1CC1)c1ccccc1. The van der Waals surface area contributed by atoms with Gasteiger partial charge in [-0.2, -0.15) is 5.10 Å². The smallest absolute Gasteiger partial charge is 0.227 e. The third-order valence-electron chi connectivity index (χ3n) is 4.60. The summed E-state index contributed by atoms with van der Waals surface area (Å²) in [4.78, 5) is 24.0. The van der Waals surface area contributed by atoms with E-state index < -0.39 is 0 Å². The van der Waals surface area contributed by atoms with Crippen LogP contribution in [0.2, 0.25) is 0 Å². The second-order valence-corrected chi connectivity index (χ2v) is 6.66. The van der Waals surface area contributed by atoms with Crippen LogP contribution in [0.4, 0.5) is 5.82 Å². The summed E-state index contributed by atoms with van der Waals surface area (Å²) >= 11 is 0. The van der Waals surface area contributed by atoms with Crippen molar-refractivity contribution < 1.29 is 9.59 Å². The standard InChI is InChI=1S/C19H24N4O2/c1-13(15-8-9-15)23-18(10-11-20-23)22-19(25)12-17(21-14(2)24)16-6-4-3-5-7-16/h3-7,10-11,13,15,17H,8-9,12H2,1-2H3,(H,21,24)(H,22,25). The fourth-order valence-corrected chi connectivity index (χ4v) is 3.08. The number of amides is 2. The molecule has 1 aliphatic carbocycles. The first-order chi connectivity index (χ1) is 12.0. The molecule has 1 fully saturated rings. The molecule has 2 atom stereocenters. The first-order valence-corrected chi connectivity index (χ1v) is 8.70. The number of aromatic nitrogens is 2. The summed E-state index contributed by atoms with van der Waals surface area (Å²) in [5, 5.41) is 10.1. The molecular weight excluding hydrogens is 316 g/mol. The average Bonchev–Trinajstić information content (AvgIpc) is 3.34. The molecule has 6 nitrogen and oxygen atoms in total. The Hall–Kier alpha value is -2.63. The van der Waals surface area contributed by atoms with Crippen molar-refractivity contribution in [2.75, 3.05) is 5.32 Å². The third-order valence-corrected chi connectivity index (χ3v) is 4.60. The Balaban J connectivity index is 1.68. The number of carbonyl (C=O) groups is 2. The van der Waals surface area contributed by atoms with Crippen LogP contribution in [0.5, 0.6) is 0 Å². The molecule has 132 valence electrons. The molecule has 0 saturated heterocycles. The lowest BCUT2D eigenvalue weighted by Gasteiger charge is -2.19. The number of nitrogens with zero attached hydrogens (tertiary/aromatic N) is 2.